The lowest BCUT2D eigenvalue weighted by Gasteiger charge is -2.36. The second-order valence-corrected chi connectivity index (χ2v) is 5.45. The number of carbonyl (C=O) groups is 1. The highest BCUT2D eigenvalue weighted by molar-refractivity contribution is 5.92. The predicted molar refractivity (Wildman–Crippen MR) is 82.1 cm³/mol. The van der Waals surface area contributed by atoms with Crippen LogP contribution in [0.5, 0.6) is 0 Å². The number of rotatable bonds is 4. The number of piperidine rings is 1. The number of nitrogens with two attached hydrogens (primary N) is 1. The van der Waals surface area contributed by atoms with Crippen molar-refractivity contribution in [3.63, 3.8) is 0 Å². The Morgan fingerprint density at radius 1 is 1.45 bits per heavy atom. The summed E-state index contributed by atoms with van der Waals surface area (Å²) in [6.45, 7) is 5.68. The van der Waals surface area contributed by atoms with Gasteiger partial charge in [0.2, 0.25) is 0 Å². The summed E-state index contributed by atoms with van der Waals surface area (Å²) >= 11 is 0. The van der Waals surface area contributed by atoms with E-state index in [4.69, 9.17) is 10.5 Å². The van der Waals surface area contributed by atoms with Crippen molar-refractivity contribution in [1.29, 1.82) is 0 Å². The second-order valence-electron chi connectivity index (χ2n) is 5.45. The smallest absolute Gasteiger partial charge is 0.338 e. The Hall–Kier alpha value is -1.71. The van der Waals surface area contributed by atoms with Crippen molar-refractivity contribution in [2.75, 3.05) is 23.8 Å². The van der Waals surface area contributed by atoms with Crippen LogP contribution in [0.3, 0.4) is 0 Å². The molecule has 1 aliphatic rings. The minimum Gasteiger partial charge on any atom is -0.462 e. The fourth-order valence-corrected chi connectivity index (χ4v) is 2.68. The average Bonchev–Trinajstić information content (AvgIpc) is 2.45. The standard InChI is InChI=1S/C16H24N2O2/c1-3-10-20-16(19)13-7-8-15(14(17)11-13)18-9-5-4-6-12(18)2/h7-8,11-12H,3-6,9-10,17H2,1-2H3/t12-/m0/s1. The molecule has 0 aliphatic carbocycles. The van der Waals surface area contributed by atoms with E-state index in [1.807, 2.05) is 19.1 Å². The van der Waals surface area contributed by atoms with Gasteiger partial charge in [-0.3, -0.25) is 0 Å². The van der Waals surface area contributed by atoms with Gasteiger partial charge in [0.1, 0.15) is 0 Å². The molecule has 4 heteroatoms. The van der Waals surface area contributed by atoms with Crippen LogP contribution >= 0.6 is 0 Å². The van der Waals surface area contributed by atoms with Gasteiger partial charge in [0.25, 0.3) is 0 Å². The Bertz CT molecular complexity index is 474. The highest BCUT2D eigenvalue weighted by Gasteiger charge is 2.21. The third-order valence-corrected chi connectivity index (χ3v) is 3.81. The van der Waals surface area contributed by atoms with Gasteiger partial charge in [-0.15, -0.1) is 0 Å². The van der Waals surface area contributed by atoms with Crippen LogP contribution in [0.4, 0.5) is 11.4 Å². The lowest BCUT2D eigenvalue weighted by Crippen LogP contribution is -2.37. The van der Waals surface area contributed by atoms with E-state index in [1.165, 1.54) is 19.3 Å². The van der Waals surface area contributed by atoms with Gasteiger partial charge in [0, 0.05) is 12.6 Å². The van der Waals surface area contributed by atoms with Gasteiger partial charge in [-0.05, 0) is 50.8 Å². The highest BCUT2D eigenvalue weighted by atomic mass is 16.5. The first kappa shape index (κ1) is 14.7. The zero-order valence-corrected chi connectivity index (χ0v) is 12.4. The summed E-state index contributed by atoms with van der Waals surface area (Å²) in [6.07, 6.45) is 4.49. The predicted octanol–water partition coefficient (Wildman–Crippen LogP) is 3.21. The number of esters is 1. The fourth-order valence-electron chi connectivity index (χ4n) is 2.68. The molecule has 1 heterocycles. The molecular weight excluding hydrogens is 252 g/mol. The minimum absolute atomic E-state index is 0.295. The van der Waals surface area contributed by atoms with Crippen molar-refractivity contribution in [3.05, 3.63) is 23.8 Å². The molecule has 1 aliphatic heterocycles. The number of anilines is 2. The fraction of sp³-hybridized carbons (Fsp3) is 0.562. The Kier molecular flexibility index (Phi) is 4.88. The average molecular weight is 276 g/mol. The first-order valence-electron chi connectivity index (χ1n) is 7.46. The largest absolute Gasteiger partial charge is 0.462 e. The SMILES string of the molecule is CCCOC(=O)c1ccc(N2CCCC[C@@H]2C)c(N)c1. The maximum absolute atomic E-state index is 11.8. The van der Waals surface area contributed by atoms with E-state index in [0.29, 0.717) is 23.9 Å². The Balaban J connectivity index is 2.15. The van der Waals surface area contributed by atoms with Gasteiger partial charge in [-0.25, -0.2) is 4.79 Å². The molecule has 0 amide bonds. The lowest BCUT2D eigenvalue weighted by molar-refractivity contribution is 0.0505. The Labute approximate surface area is 120 Å². The monoisotopic (exact) mass is 276 g/mol. The summed E-state index contributed by atoms with van der Waals surface area (Å²) in [4.78, 5) is 14.1. The number of nitrogens with zero attached hydrogens (tertiary/aromatic N) is 1. The number of hydrogen-bond acceptors (Lipinski definition) is 4. The molecule has 4 nitrogen and oxygen atoms in total. The zero-order chi connectivity index (χ0) is 14.5. The molecule has 2 rings (SSSR count). The van der Waals surface area contributed by atoms with Crippen LogP contribution in [0.25, 0.3) is 0 Å². The van der Waals surface area contributed by atoms with Crippen LogP contribution in [-0.4, -0.2) is 25.2 Å². The van der Waals surface area contributed by atoms with Gasteiger partial charge in [0.05, 0.1) is 23.5 Å². The van der Waals surface area contributed by atoms with Crippen LogP contribution in [0.2, 0.25) is 0 Å². The van der Waals surface area contributed by atoms with Crippen molar-refractivity contribution in [1.82, 2.24) is 0 Å². The summed E-state index contributed by atoms with van der Waals surface area (Å²) in [6, 6.07) is 5.99. The van der Waals surface area contributed by atoms with E-state index in [1.54, 1.807) is 6.07 Å². The van der Waals surface area contributed by atoms with Gasteiger partial charge < -0.3 is 15.4 Å². The number of nitrogen functional groups attached to an aromatic ring is 1. The van der Waals surface area contributed by atoms with Gasteiger partial charge in [0.15, 0.2) is 0 Å². The van der Waals surface area contributed by atoms with Crippen molar-refractivity contribution in [2.45, 2.75) is 45.6 Å². The highest BCUT2D eigenvalue weighted by Crippen LogP contribution is 2.30. The van der Waals surface area contributed by atoms with Gasteiger partial charge >= 0.3 is 5.97 Å². The minimum atomic E-state index is -0.295. The van der Waals surface area contributed by atoms with E-state index < -0.39 is 0 Å². The molecule has 1 saturated heterocycles. The van der Waals surface area contributed by atoms with Crippen LogP contribution in [0.15, 0.2) is 18.2 Å². The lowest BCUT2D eigenvalue weighted by atomic mass is 10.0. The first-order valence-corrected chi connectivity index (χ1v) is 7.46. The number of carbonyl (C=O) groups excluding carboxylic acids is 1. The van der Waals surface area contributed by atoms with E-state index >= 15 is 0 Å². The molecule has 0 saturated carbocycles. The van der Waals surface area contributed by atoms with E-state index in [2.05, 4.69) is 11.8 Å². The summed E-state index contributed by atoms with van der Waals surface area (Å²) in [5, 5.41) is 0. The molecule has 0 radical (unpaired) electrons. The molecule has 1 atom stereocenters. The second kappa shape index (κ2) is 6.64. The first-order chi connectivity index (χ1) is 9.63. The third kappa shape index (κ3) is 3.24. The van der Waals surface area contributed by atoms with E-state index in [9.17, 15) is 4.79 Å². The summed E-state index contributed by atoms with van der Waals surface area (Å²) in [5.74, 6) is -0.295. The van der Waals surface area contributed by atoms with E-state index in [-0.39, 0.29) is 5.97 Å². The molecular formula is C16H24N2O2. The third-order valence-electron chi connectivity index (χ3n) is 3.81. The topological polar surface area (TPSA) is 55.6 Å². The Morgan fingerprint density at radius 3 is 2.90 bits per heavy atom. The quantitative estimate of drug-likeness (QED) is 0.677. The molecule has 110 valence electrons. The molecule has 2 N–H and O–H groups in total. The van der Waals surface area contributed by atoms with Crippen molar-refractivity contribution >= 4 is 17.3 Å². The van der Waals surface area contributed by atoms with Crippen LogP contribution in [-0.2, 0) is 4.74 Å². The summed E-state index contributed by atoms with van der Waals surface area (Å²) < 4.78 is 5.13. The van der Waals surface area contributed by atoms with E-state index in [0.717, 1.165) is 18.7 Å². The maximum atomic E-state index is 11.8. The molecule has 0 unspecified atom stereocenters. The van der Waals surface area contributed by atoms with Gasteiger partial charge in [-0.2, -0.15) is 0 Å². The normalized spacial score (nSPS) is 18.9. The molecule has 0 bridgehead atoms. The van der Waals surface area contributed by atoms with Crippen molar-refractivity contribution in [3.8, 4) is 0 Å². The molecule has 0 aromatic heterocycles. The molecule has 20 heavy (non-hydrogen) atoms. The molecule has 0 spiro atoms. The number of benzene rings is 1. The number of hydrogen-bond donors (Lipinski definition) is 1. The summed E-state index contributed by atoms with van der Waals surface area (Å²) in [5.41, 5.74) is 8.35. The maximum Gasteiger partial charge on any atom is 0.338 e. The summed E-state index contributed by atoms with van der Waals surface area (Å²) in [7, 11) is 0. The molecule has 1 fully saturated rings. The molecule has 1 aromatic rings. The van der Waals surface area contributed by atoms with Crippen molar-refractivity contribution in [2.24, 2.45) is 0 Å². The van der Waals surface area contributed by atoms with Crippen LogP contribution in [0, 0.1) is 0 Å². The Morgan fingerprint density at radius 2 is 2.25 bits per heavy atom. The van der Waals surface area contributed by atoms with Gasteiger partial charge in [-0.1, -0.05) is 6.92 Å². The van der Waals surface area contributed by atoms with Crippen molar-refractivity contribution < 1.29 is 9.53 Å². The molecule has 1 aromatic carbocycles. The zero-order valence-electron chi connectivity index (χ0n) is 12.4. The number of ether oxygens (including phenoxy) is 1. The van der Waals surface area contributed by atoms with Crippen LogP contribution < -0.4 is 10.6 Å². The van der Waals surface area contributed by atoms with Crippen LogP contribution in [0.1, 0.15) is 49.9 Å².